The number of ketones is 1. The van der Waals surface area contributed by atoms with Gasteiger partial charge in [0, 0.05) is 5.56 Å². The summed E-state index contributed by atoms with van der Waals surface area (Å²) in [6, 6.07) is 10.4. The van der Waals surface area contributed by atoms with Crippen LogP contribution in [-0.4, -0.2) is 18.4 Å². The third kappa shape index (κ3) is 3.03. The molecular formula is C16H14O3S. The smallest absolute Gasteiger partial charge is 0.338 e. The Labute approximate surface area is 121 Å². The first kappa shape index (κ1) is 14.2. The van der Waals surface area contributed by atoms with E-state index in [-0.39, 0.29) is 5.78 Å². The van der Waals surface area contributed by atoms with Gasteiger partial charge >= 0.3 is 5.97 Å². The van der Waals surface area contributed by atoms with E-state index in [2.05, 4.69) is 6.58 Å². The minimum atomic E-state index is -0.440. The fourth-order valence-electron chi connectivity index (χ4n) is 1.71. The Morgan fingerprint density at radius 3 is 2.35 bits per heavy atom. The Balaban J connectivity index is 2.16. The van der Waals surface area contributed by atoms with Crippen LogP contribution in [0.25, 0.3) is 5.57 Å². The second-order valence-electron chi connectivity index (χ2n) is 4.08. The number of benzene rings is 1. The molecule has 0 aliphatic rings. The molecule has 0 N–H and O–H groups in total. The number of ether oxygens (including phenoxy) is 1. The van der Waals surface area contributed by atoms with E-state index in [1.54, 1.807) is 37.3 Å². The average molecular weight is 286 g/mol. The van der Waals surface area contributed by atoms with Gasteiger partial charge in [0.05, 0.1) is 17.1 Å². The van der Waals surface area contributed by atoms with Crippen molar-refractivity contribution in [1.82, 2.24) is 0 Å². The summed E-state index contributed by atoms with van der Waals surface area (Å²) in [5.74, 6) is -0.460. The van der Waals surface area contributed by atoms with Gasteiger partial charge in [0.15, 0.2) is 0 Å². The van der Waals surface area contributed by atoms with Crippen LogP contribution < -0.4 is 0 Å². The quantitative estimate of drug-likeness (QED) is 0.479. The Hall–Kier alpha value is -2.20. The zero-order chi connectivity index (χ0) is 14.5. The number of hydrogen-bond donors (Lipinski definition) is 0. The second-order valence-corrected chi connectivity index (χ2v) is 5.03. The molecular weight excluding hydrogens is 272 g/mol. The number of rotatable bonds is 5. The van der Waals surface area contributed by atoms with Crippen molar-refractivity contribution in [3.63, 3.8) is 0 Å². The van der Waals surface area contributed by atoms with Crippen LogP contribution in [0.2, 0.25) is 0 Å². The molecule has 0 radical (unpaired) electrons. The third-order valence-corrected chi connectivity index (χ3v) is 3.63. The predicted octanol–water partition coefficient (Wildman–Crippen LogP) is 3.56. The predicted molar refractivity (Wildman–Crippen MR) is 79.9 cm³/mol. The topological polar surface area (TPSA) is 43.4 Å². The maximum absolute atomic E-state index is 12.1. The lowest BCUT2D eigenvalue weighted by atomic mass is 10.0. The minimum absolute atomic E-state index is 0.0201. The zero-order valence-electron chi connectivity index (χ0n) is 11.1. The van der Waals surface area contributed by atoms with Crippen molar-refractivity contribution in [2.24, 2.45) is 0 Å². The van der Waals surface area contributed by atoms with E-state index in [1.807, 2.05) is 11.4 Å². The zero-order valence-corrected chi connectivity index (χ0v) is 11.9. The van der Waals surface area contributed by atoms with E-state index in [0.717, 1.165) is 0 Å². The highest BCUT2D eigenvalue weighted by molar-refractivity contribution is 7.12. The molecule has 2 aromatic rings. The lowest BCUT2D eigenvalue weighted by molar-refractivity contribution is -0.136. The lowest BCUT2D eigenvalue weighted by Crippen LogP contribution is -2.06. The van der Waals surface area contributed by atoms with Gasteiger partial charge in [0.1, 0.15) is 0 Å². The fraction of sp³-hybridized carbons (Fsp3) is 0.125. The molecule has 2 rings (SSSR count). The molecule has 102 valence electrons. The summed E-state index contributed by atoms with van der Waals surface area (Å²) in [5.41, 5.74) is 1.54. The Morgan fingerprint density at radius 1 is 1.15 bits per heavy atom. The highest BCUT2D eigenvalue weighted by Crippen LogP contribution is 2.19. The molecule has 1 aromatic carbocycles. The number of esters is 1. The molecule has 0 atom stereocenters. The first-order valence-electron chi connectivity index (χ1n) is 6.18. The molecule has 0 amide bonds. The molecule has 3 nitrogen and oxygen atoms in total. The van der Waals surface area contributed by atoms with Gasteiger partial charge in [-0.15, -0.1) is 11.3 Å². The summed E-state index contributed by atoms with van der Waals surface area (Å²) in [6.45, 7) is 5.77. The fourth-order valence-corrected chi connectivity index (χ4v) is 2.39. The summed E-state index contributed by atoms with van der Waals surface area (Å²) < 4.78 is 4.89. The first-order chi connectivity index (χ1) is 9.63. The van der Waals surface area contributed by atoms with Crippen LogP contribution in [0.15, 0.2) is 48.4 Å². The van der Waals surface area contributed by atoms with Crippen LogP contribution in [-0.2, 0) is 9.53 Å². The second kappa shape index (κ2) is 6.30. The first-order valence-corrected chi connectivity index (χ1v) is 7.06. The Morgan fingerprint density at radius 2 is 1.80 bits per heavy atom. The third-order valence-electron chi connectivity index (χ3n) is 2.76. The lowest BCUT2D eigenvalue weighted by Gasteiger charge is -2.06. The van der Waals surface area contributed by atoms with E-state index in [0.29, 0.717) is 28.2 Å². The highest BCUT2D eigenvalue weighted by Gasteiger charge is 2.13. The van der Waals surface area contributed by atoms with Crippen LogP contribution in [0, 0.1) is 0 Å². The maximum Gasteiger partial charge on any atom is 0.338 e. The molecule has 0 saturated carbocycles. The van der Waals surface area contributed by atoms with Gasteiger partial charge in [-0.25, -0.2) is 4.79 Å². The number of thiophene rings is 1. The SMILES string of the molecule is C=C(C(=O)OCC)c1ccc(C(=O)c2cccs2)cc1. The van der Waals surface area contributed by atoms with Crippen LogP contribution in [0.4, 0.5) is 0 Å². The summed E-state index contributed by atoms with van der Waals surface area (Å²) in [6.07, 6.45) is 0. The van der Waals surface area contributed by atoms with Crippen molar-refractivity contribution in [3.8, 4) is 0 Å². The van der Waals surface area contributed by atoms with Crippen LogP contribution in [0.5, 0.6) is 0 Å². The number of carbonyl (C=O) groups is 2. The summed E-state index contributed by atoms with van der Waals surface area (Å²) in [4.78, 5) is 24.4. The normalized spacial score (nSPS) is 10.1. The standard InChI is InChI=1S/C16H14O3S/c1-3-19-16(18)11(2)12-6-8-13(9-7-12)15(17)14-5-4-10-20-14/h4-10H,2-3H2,1H3. The van der Waals surface area contributed by atoms with Crippen LogP contribution in [0.3, 0.4) is 0 Å². The van der Waals surface area contributed by atoms with Gasteiger partial charge in [-0.05, 0) is 23.9 Å². The molecule has 20 heavy (non-hydrogen) atoms. The average Bonchev–Trinajstić information content (AvgIpc) is 3.00. The van der Waals surface area contributed by atoms with E-state index < -0.39 is 5.97 Å². The van der Waals surface area contributed by atoms with Crippen LogP contribution >= 0.6 is 11.3 Å². The largest absolute Gasteiger partial charge is 0.462 e. The molecule has 1 heterocycles. The maximum atomic E-state index is 12.1. The summed E-state index contributed by atoms with van der Waals surface area (Å²) in [5, 5.41) is 1.87. The van der Waals surface area contributed by atoms with E-state index >= 15 is 0 Å². The van der Waals surface area contributed by atoms with Gasteiger partial charge in [0.2, 0.25) is 5.78 Å². The van der Waals surface area contributed by atoms with E-state index in [9.17, 15) is 9.59 Å². The molecule has 1 aromatic heterocycles. The molecule has 0 aliphatic heterocycles. The van der Waals surface area contributed by atoms with Crippen molar-refractivity contribution in [1.29, 1.82) is 0 Å². The number of carbonyl (C=O) groups excluding carboxylic acids is 2. The van der Waals surface area contributed by atoms with Gasteiger partial charge in [-0.3, -0.25) is 4.79 Å². The van der Waals surface area contributed by atoms with Gasteiger partial charge in [0.25, 0.3) is 0 Å². The van der Waals surface area contributed by atoms with Gasteiger partial charge < -0.3 is 4.74 Å². The van der Waals surface area contributed by atoms with Gasteiger partial charge in [-0.2, -0.15) is 0 Å². The van der Waals surface area contributed by atoms with Crippen molar-refractivity contribution >= 4 is 28.7 Å². The Kier molecular flexibility index (Phi) is 4.48. The molecule has 0 aliphatic carbocycles. The van der Waals surface area contributed by atoms with Crippen molar-refractivity contribution in [2.75, 3.05) is 6.61 Å². The molecule has 0 bridgehead atoms. The van der Waals surface area contributed by atoms with Crippen molar-refractivity contribution in [3.05, 3.63) is 64.4 Å². The monoisotopic (exact) mass is 286 g/mol. The molecule has 0 unspecified atom stereocenters. The molecule has 0 fully saturated rings. The molecule has 0 spiro atoms. The van der Waals surface area contributed by atoms with E-state index in [4.69, 9.17) is 4.74 Å². The van der Waals surface area contributed by atoms with E-state index in [1.165, 1.54) is 11.3 Å². The number of hydrogen-bond acceptors (Lipinski definition) is 4. The van der Waals surface area contributed by atoms with Crippen LogP contribution in [0.1, 0.15) is 27.7 Å². The van der Waals surface area contributed by atoms with Crippen molar-refractivity contribution in [2.45, 2.75) is 6.92 Å². The summed E-state index contributed by atoms with van der Waals surface area (Å²) in [7, 11) is 0. The molecule has 4 heteroatoms. The highest BCUT2D eigenvalue weighted by atomic mass is 32.1. The Bertz CT molecular complexity index is 624. The minimum Gasteiger partial charge on any atom is -0.462 e. The van der Waals surface area contributed by atoms with Gasteiger partial charge in [-0.1, -0.05) is 36.9 Å². The van der Waals surface area contributed by atoms with Crippen molar-refractivity contribution < 1.29 is 14.3 Å². The molecule has 0 saturated heterocycles. The summed E-state index contributed by atoms with van der Waals surface area (Å²) >= 11 is 1.41.